The number of aromatic amines is 1. The van der Waals surface area contributed by atoms with Gasteiger partial charge >= 0.3 is 11.9 Å². The van der Waals surface area contributed by atoms with E-state index in [1.54, 1.807) is 0 Å². The maximum atomic E-state index is 12.6. The van der Waals surface area contributed by atoms with Crippen LogP contribution in [0, 0.1) is 18.8 Å². The number of H-pyrrole nitrogens is 1. The average molecular weight is 623 g/mol. The maximum Gasteiger partial charge on any atom is 0.303 e. The van der Waals surface area contributed by atoms with Gasteiger partial charge in [0.15, 0.2) is 0 Å². The fourth-order valence-corrected chi connectivity index (χ4v) is 6.85. The van der Waals surface area contributed by atoms with Crippen LogP contribution in [0.25, 0.3) is 12.2 Å². The molecule has 2 amide bonds. The third-order valence-corrected chi connectivity index (χ3v) is 9.43. The number of hydrogen-bond donors (Lipinski definition) is 7. The van der Waals surface area contributed by atoms with E-state index in [2.05, 4.69) is 40.1 Å². The van der Waals surface area contributed by atoms with Gasteiger partial charge in [-0.25, -0.2) is 0 Å². The van der Waals surface area contributed by atoms with Crippen LogP contribution >= 0.6 is 12.6 Å². The zero-order valence-electron chi connectivity index (χ0n) is 25.9. The lowest BCUT2D eigenvalue weighted by Crippen LogP contribution is -2.36. The molecule has 1 unspecified atom stereocenters. The number of thiol groups is 1. The van der Waals surface area contributed by atoms with Gasteiger partial charge in [0.25, 0.3) is 5.91 Å². The minimum atomic E-state index is -0.908. The van der Waals surface area contributed by atoms with Crippen molar-refractivity contribution in [1.82, 2.24) is 20.9 Å². The minimum Gasteiger partial charge on any atom is -0.481 e. The molecule has 0 saturated carbocycles. The molecule has 4 rings (SSSR count). The molecule has 1 fully saturated rings. The van der Waals surface area contributed by atoms with Crippen molar-refractivity contribution in [3.63, 3.8) is 0 Å². The standard InChI is InChI=1S/C33H42N4O6S/c1-7-20-17(4)32(42)37-26(20)13-24-16(3)22(9-11-30(40)41)28(35-24)14-27-21(8-10-29(38)39)15(2)23(34-27)12-25-18(5)31(19(6)44)33(43)36-25/h13-14,17,20,23,25,34-35,44H,6-12H2,1-5H3,(H,36,43)(H,37,42)(H,38,39)(H,40,41)/b26-13-,27-14-/t17-,20-,23?,25-/m1/s1. The number of carboxylic acid groups (broad SMARTS) is 2. The molecule has 11 heteroatoms. The summed E-state index contributed by atoms with van der Waals surface area (Å²) in [5.74, 6) is -2.11. The molecule has 4 heterocycles. The predicted octanol–water partition coefficient (Wildman–Crippen LogP) is 4.62. The first-order chi connectivity index (χ1) is 20.7. The summed E-state index contributed by atoms with van der Waals surface area (Å²) < 4.78 is 0. The summed E-state index contributed by atoms with van der Waals surface area (Å²) in [5.41, 5.74) is 8.06. The van der Waals surface area contributed by atoms with Crippen molar-refractivity contribution in [2.24, 2.45) is 11.8 Å². The van der Waals surface area contributed by atoms with Crippen LogP contribution in [0.4, 0.5) is 0 Å². The van der Waals surface area contributed by atoms with Gasteiger partial charge in [0.1, 0.15) is 0 Å². The van der Waals surface area contributed by atoms with Crippen LogP contribution in [0.1, 0.15) is 82.3 Å². The van der Waals surface area contributed by atoms with Gasteiger partial charge < -0.3 is 31.1 Å². The van der Waals surface area contributed by atoms with Crippen molar-refractivity contribution in [2.75, 3.05) is 0 Å². The second-order valence-corrected chi connectivity index (χ2v) is 12.5. The van der Waals surface area contributed by atoms with Gasteiger partial charge in [0.2, 0.25) is 5.91 Å². The van der Waals surface area contributed by atoms with Crippen LogP contribution in [0.2, 0.25) is 0 Å². The molecule has 0 spiro atoms. The zero-order chi connectivity index (χ0) is 32.5. The summed E-state index contributed by atoms with van der Waals surface area (Å²) in [6.07, 6.45) is 5.72. The second kappa shape index (κ2) is 13.3. The van der Waals surface area contributed by atoms with E-state index >= 15 is 0 Å². The Morgan fingerprint density at radius 3 is 2.18 bits per heavy atom. The largest absolute Gasteiger partial charge is 0.481 e. The van der Waals surface area contributed by atoms with Crippen LogP contribution in [0.5, 0.6) is 0 Å². The molecule has 1 saturated heterocycles. The smallest absolute Gasteiger partial charge is 0.303 e. The van der Waals surface area contributed by atoms with E-state index in [4.69, 9.17) is 0 Å². The monoisotopic (exact) mass is 622 g/mol. The van der Waals surface area contributed by atoms with Crippen molar-refractivity contribution in [3.05, 3.63) is 67.7 Å². The lowest BCUT2D eigenvalue weighted by molar-refractivity contribution is -0.138. The molecule has 1 aromatic heterocycles. The summed E-state index contributed by atoms with van der Waals surface area (Å²) >= 11 is 4.29. The molecule has 6 N–H and O–H groups in total. The number of nitrogens with one attached hydrogen (secondary N) is 4. The highest BCUT2D eigenvalue weighted by Gasteiger charge is 2.36. The number of aromatic nitrogens is 1. The Labute approximate surface area is 263 Å². The molecular formula is C33H42N4O6S. The number of aliphatic carboxylic acids is 2. The van der Waals surface area contributed by atoms with E-state index in [0.717, 1.165) is 57.0 Å². The number of carboxylic acids is 2. The fourth-order valence-electron chi connectivity index (χ4n) is 6.57. The highest BCUT2D eigenvalue weighted by atomic mass is 32.1. The molecule has 0 radical (unpaired) electrons. The Hall–Kier alpha value is -3.99. The molecular weight excluding hydrogens is 580 g/mol. The second-order valence-electron chi connectivity index (χ2n) is 11.9. The molecule has 10 nitrogen and oxygen atoms in total. The number of hydrogen-bond acceptors (Lipinski definition) is 6. The van der Waals surface area contributed by atoms with Gasteiger partial charge in [0, 0.05) is 58.4 Å². The van der Waals surface area contributed by atoms with Crippen LogP contribution < -0.4 is 16.0 Å². The molecule has 3 aliphatic heterocycles. The molecule has 3 aliphatic rings. The van der Waals surface area contributed by atoms with Gasteiger partial charge in [-0.1, -0.05) is 20.4 Å². The van der Waals surface area contributed by atoms with Gasteiger partial charge in [-0.15, -0.1) is 12.6 Å². The minimum absolute atomic E-state index is 0.0139. The molecule has 4 atom stereocenters. The number of carbonyl (C=O) groups is 4. The summed E-state index contributed by atoms with van der Waals surface area (Å²) in [6.45, 7) is 13.6. The Bertz CT molecular complexity index is 1540. The molecule has 236 valence electrons. The number of allylic oxidation sites excluding steroid dienone is 2. The Balaban J connectivity index is 1.73. The first-order valence-electron chi connectivity index (χ1n) is 15.0. The molecule has 0 bridgehead atoms. The number of amides is 2. The quantitative estimate of drug-likeness (QED) is 0.168. The SMILES string of the molecule is C=C(S)C1=C(C)[C@@H](CC2N/C(=C\c3[nH]c(/C=C4\NC(=O)[C@H](C)[C@H]4CC)c(C)c3CCC(=O)O)C(CCC(=O)O)=C2C)NC1=O. The van der Waals surface area contributed by atoms with Gasteiger partial charge in [-0.2, -0.15) is 0 Å². The molecule has 0 aliphatic carbocycles. The van der Waals surface area contributed by atoms with Crippen molar-refractivity contribution < 1.29 is 29.4 Å². The van der Waals surface area contributed by atoms with Crippen molar-refractivity contribution >= 4 is 48.5 Å². The van der Waals surface area contributed by atoms with Gasteiger partial charge in [-0.05, 0) is 86.5 Å². The summed E-state index contributed by atoms with van der Waals surface area (Å²) in [4.78, 5) is 51.9. The van der Waals surface area contributed by atoms with E-state index in [-0.39, 0.29) is 48.6 Å². The first kappa shape index (κ1) is 32.9. The summed E-state index contributed by atoms with van der Waals surface area (Å²) in [6, 6.07) is -0.403. The van der Waals surface area contributed by atoms with Crippen LogP contribution in [0.15, 0.2) is 45.2 Å². The number of rotatable bonds is 12. The Kier molecular flexibility index (Phi) is 9.98. The van der Waals surface area contributed by atoms with Gasteiger partial charge in [-0.3, -0.25) is 19.2 Å². The summed E-state index contributed by atoms with van der Waals surface area (Å²) in [7, 11) is 0. The first-order valence-corrected chi connectivity index (χ1v) is 15.4. The van der Waals surface area contributed by atoms with E-state index in [1.165, 1.54) is 0 Å². The van der Waals surface area contributed by atoms with E-state index in [9.17, 15) is 29.4 Å². The van der Waals surface area contributed by atoms with Crippen LogP contribution in [-0.4, -0.2) is 51.0 Å². The van der Waals surface area contributed by atoms with E-state index < -0.39 is 11.9 Å². The predicted molar refractivity (Wildman–Crippen MR) is 172 cm³/mol. The molecule has 1 aromatic rings. The highest BCUT2D eigenvalue weighted by molar-refractivity contribution is 7.84. The topological polar surface area (TPSA) is 161 Å². The number of carbonyl (C=O) groups excluding carboxylic acids is 2. The third-order valence-electron chi connectivity index (χ3n) is 9.20. The lowest BCUT2D eigenvalue weighted by atomic mass is 9.92. The van der Waals surface area contributed by atoms with Gasteiger partial charge in [0.05, 0.1) is 11.6 Å². The maximum absolute atomic E-state index is 12.6. The lowest BCUT2D eigenvalue weighted by Gasteiger charge is -2.20. The van der Waals surface area contributed by atoms with E-state index in [0.29, 0.717) is 29.7 Å². The normalized spacial score (nSPS) is 25.2. The molecule has 0 aromatic carbocycles. The van der Waals surface area contributed by atoms with Crippen molar-refractivity contribution in [1.29, 1.82) is 0 Å². The highest BCUT2D eigenvalue weighted by Crippen LogP contribution is 2.36. The zero-order valence-corrected chi connectivity index (χ0v) is 26.8. The van der Waals surface area contributed by atoms with E-state index in [1.807, 2.05) is 46.8 Å². The average Bonchev–Trinajstić information content (AvgIpc) is 3.59. The Morgan fingerprint density at radius 2 is 1.59 bits per heavy atom. The van der Waals surface area contributed by atoms with Crippen molar-refractivity contribution in [3.8, 4) is 0 Å². The molecule has 44 heavy (non-hydrogen) atoms. The third kappa shape index (κ3) is 6.72. The Morgan fingerprint density at radius 1 is 0.955 bits per heavy atom. The van der Waals surface area contributed by atoms with Crippen molar-refractivity contribution in [2.45, 2.75) is 85.2 Å². The van der Waals surface area contributed by atoms with Crippen LogP contribution in [-0.2, 0) is 25.6 Å². The fraction of sp³-hybridized carbons (Fsp3) is 0.455. The van der Waals surface area contributed by atoms with Crippen LogP contribution in [0.3, 0.4) is 0 Å². The summed E-state index contributed by atoms with van der Waals surface area (Å²) in [5, 5.41) is 28.5.